The summed E-state index contributed by atoms with van der Waals surface area (Å²) < 4.78 is 0. The average molecular weight is 306 g/mol. The van der Waals surface area contributed by atoms with Gasteiger partial charge in [-0.3, -0.25) is 14.8 Å². The number of nitrogens with one attached hydrogen (secondary N) is 1. The zero-order valence-corrected chi connectivity index (χ0v) is 12.9. The van der Waals surface area contributed by atoms with Gasteiger partial charge in [0.2, 0.25) is 0 Å². The molecular weight excluding hydrogens is 288 g/mol. The van der Waals surface area contributed by atoms with Crippen LogP contribution in [0.1, 0.15) is 27.2 Å². The molecule has 0 atom stereocenters. The van der Waals surface area contributed by atoms with E-state index in [0.29, 0.717) is 18.7 Å². The lowest BCUT2D eigenvalue weighted by Crippen LogP contribution is -2.23. The smallest absolute Gasteiger partial charge is 0.252 e. The van der Waals surface area contributed by atoms with Gasteiger partial charge in [-0.15, -0.1) is 0 Å². The lowest BCUT2D eigenvalue weighted by Gasteiger charge is -2.09. The van der Waals surface area contributed by atoms with E-state index in [9.17, 15) is 4.79 Å². The van der Waals surface area contributed by atoms with Crippen LogP contribution in [0, 0.1) is 6.92 Å². The first-order valence-electron chi connectivity index (χ1n) is 7.45. The van der Waals surface area contributed by atoms with E-state index in [-0.39, 0.29) is 5.91 Å². The molecule has 0 spiro atoms. The summed E-state index contributed by atoms with van der Waals surface area (Å²) in [5.74, 6) is -0.121. The van der Waals surface area contributed by atoms with Crippen molar-refractivity contribution < 1.29 is 4.79 Å². The van der Waals surface area contributed by atoms with E-state index in [4.69, 9.17) is 5.73 Å². The van der Waals surface area contributed by atoms with Crippen LogP contribution in [0.2, 0.25) is 0 Å². The van der Waals surface area contributed by atoms with E-state index >= 15 is 0 Å². The molecule has 3 aromatic rings. The van der Waals surface area contributed by atoms with Crippen molar-refractivity contribution in [3.8, 4) is 0 Å². The minimum Gasteiger partial charge on any atom is -0.348 e. The normalized spacial score (nSPS) is 10.7. The highest BCUT2D eigenvalue weighted by Gasteiger charge is 2.11. The van der Waals surface area contributed by atoms with Crippen molar-refractivity contribution in [1.82, 2.24) is 15.3 Å². The minimum atomic E-state index is -0.121. The zero-order chi connectivity index (χ0) is 16.2. The SMILES string of the molecule is Cc1cc(C(=O)NCc2cccc(CN)c2)c2ccncc2n1. The van der Waals surface area contributed by atoms with Gasteiger partial charge in [-0.25, -0.2) is 0 Å². The third kappa shape index (κ3) is 3.35. The molecule has 23 heavy (non-hydrogen) atoms. The maximum absolute atomic E-state index is 12.6. The number of nitrogens with zero attached hydrogens (tertiary/aromatic N) is 2. The molecule has 0 aliphatic heterocycles. The topological polar surface area (TPSA) is 80.9 Å². The van der Waals surface area contributed by atoms with Crippen molar-refractivity contribution >= 4 is 16.8 Å². The molecule has 3 rings (SSSR count). The van der Waals surface area contributed by atoms with Gasteiger partial charge in [-0.05, 0) is 30.2 Å². The summed E-state index contributed by atoms with van der Waals surface area (Å²) in [5.41, 5.74) is 9.85. The monoisotopic (exact) mass is 306 g/mol. The highest BCUT2D eigenvalue weighted by Crippen LogP contribution is 2.17. The Kier molecular flexibility index (Phi) is 4.30. The fraction of sp³-hybridized carbons (Fsp3) is 0.167. The van der Waals surface area contributed by atoms with Crippen molar-refractivity contribution in [2.45, 2.75) is 20.0 Å². The fourth-order valence-electron chi connectivity index (χ4n) is 2.54. The van der Waals surface area contributed by atoms with Gasteiger partial charge in [0.15, 0.2) is 0 Å². The Hall–Kier alpha value is -2.79. The van der Waals surface area contributed by atoms with Crippen LogP contribution in [0.3, 0.4) is 0 Å². The van der Waals surface area contributed by atoms with E-state index in [1.54, 1.807) is 18.5 Å². The fourth-order valence-corrected chi connectivity index (χ4v) is 2.54. The first kappa shape index (κ1) is 15.1. The standard InChI is InChI=1S/C18H18N4O/c1-12-7-16(15-5-6-20-11-17(15)22-12)18(23)21-10-14-4-2-3-13(8-14)9-19/h2-8,11H,9-10,19H2,1H3,(H,21,23). The number of carbonyl (C=O) groups is 1. The number of pyridine rings is 2. The summed E-state index contributed by atoms with van der Waals surface area (Å²) in [6, 6.07) is 11.5. The number of nitrogens with two attached hydrogens (primary N) is 1. The van der Waals surface area contributed by atoms with Crippen LogP contribution in [0.15, 0.2) is 48.8 Å². The molecule has 116 valence electrons. The summed E-state index contributed by atoms with van der Waals surface area (Å²) in [7, 11) is 0. The van der Waals surface area contributed by atoms with Gasteiger partial charge in [0.05, 0.1) is 17.3 Å². The molecule has 0 aliphatic carbocycles. The van der Waals surface area contributed by atoms with Crippen LogP contribution in [-0.2, 0) is 13.1 Å². The number of carbonyl (C=O) groups excluding carboxylic acids is 1. The first-order valence-corrected chi connectivity index (χ1v) is 7.45. The molecule has 0 radical (unpaired) electrons. The molecule has 0 saturated carbocycles. The Morgan fingerprint density at radius 1 is 1.22 bits per heavy atom. The van der Waals surface area contributed by atoms with E-state index in [1.165, 1.54) is 0 Å². The lowest BCUT2D eigenvalue weighted by molar-refractivity contribution is 0.0952. The van der Waals surface area contributed by atoms with Gasteiger partial charge in [-0.1, -0.05) is 24.3 Å². The van der Waals surface area contributed by atoms with Crippen LogP contribution in [-0.4, -0.2) is 15.9 Å². The third-order valence-electron chi connectivity index (χ3n) is 3.67. The molecule has 0 fully saturated rings. The predicted octanol–water partition coefficient (Wildman–Crippen LogP) is 2.33. The van der Waals surface area contributed by atoms with Crippen LogP contribution >= 0.6 is 0 Å². The Morgan fingerprint density at radius 3 is 2.87 bits per heavy atom. The van der Waals surface area contributed by atoms with E-state index < -0.39 is 0 Å². The Balaban J connectivity index is 1.83. The van der Waals surface area contributed by atoms with Crippen LogP contribution in [0.25, 0.3) is 10.9 Å². The summed E-state index contributed by atoms with van der Waals surface area (Å²) in [5, 5.41) is 3.76. The molecule has 5 heteroatoms. The number of amides is 1. The first-order chi connectivity index (χ1) is 11.2. The number of aryl methyl sites for hydroxylation is 1. The molecule has 2 heterocycles. The van der Waals surface area contributed by atoms with E-state index in [1.807, 2.05) is 37.3 Å². The maximum atomic E-state index is 12.6. The number of fused-ring (bicyclic) bond motifs is 1. The van der Waals surface area contributed by atoms with E-state index in [2.05, 4.69) is 15.3 Å². The number of hydrogen-bond donors (Lipinski definition) is 2. The summed E-state index contributed by atoms with van der Waals surface area (Å²) in [4.78, 5) is 21.0. The van der Waals surface area contributed by atoms with Crippen molar-refractivity contribution in [1.29, 1.82) is 0 Å². The van der Waals surface area contributed by atoms with Gasteiger partial charge >= 0.3 is 0 Å². The van der Waals surface area contributed by atoms with Crippen molar-refractivity contribution in [2.75, 3.05) is 0 Å². The van der Waals surface area contributed by atoms with Gasteiger partial charge in [-0.2, -0.15) is 0 Å². The molecule has 0 bridgehead atoms. The third-order valence-corrected chi connectivity index (χ3v) is 3.67. The maximum Gasteiger partial charge on any atom is 0.252 e. The molecule has 3 N–H and O–H groups in total. The molecule has 2 aromatic heterocycles. The number of rotatable bonds is 4. The minimum absolute atomic E-state index is 0.121. The number of aromatic nitrogens is 2. The molecular formula is C18H18N4O. The summed E-state index contributed by atoms with van der Waals surface area (Å²) in [6.45, 7) is 2.82. The molecule has 0 aliphatic rings. The number of hydrogen-bond acceptors (Lipinski definition) is 4. The largest absolute Gasteiger partial charge is 0.348 e. The van der Waals surface area contributed by atoms with Crippen LogP contribution in [0.4, 0.5) is 0 Å². The van der Waals surface area contributed by atoms with E-state index in [0.717, 1.165) is 27.7 Å². The molecule has 0 saturated heterocycles. The van der Waals surface area contributed by atoms with Gasteiger partial charge < -0.3 is 11.1 Å². The predicted molar refractivity (Wildman–Crippen MR) is 89.8 cm³/mol. The van der Waals surface area contributed by atoms with Gasteiger partial charge in [0.1, 0.15) is 0 Å². The van der Waals surface area contributed by atoms with Crippen LogP contribution in [0.5, 0.6) is 0 Å². The Labute approximate surface area is 134 Å². The van der Waals surface area contributed by atoms with Crippen molar-refractivity contribution in [2.24, 2.45) is 5.73 Å². The molecule has 1 aromatic carbocycles. The second-order valence-electron chi connectivity index (χ2n) is 5.41. The van der Waals surface area contributed by atoms with Gasteiger partial charge in [0.25, 0.3) is 5.91 Å². The second kappa shape index (κ2) is 6.54. The average Bonchev–Trinajstić information content (AvgIpc) is 2.59. The summed E-state index contributed by atoms with van der Waals surface area (Å²) in [6.07, 6.45) is 3.34. The number of benzene rings is 1. The molecule has 5 nitrogen and oxygen atoms in total. The lowest BCUT2D eigenvalue weighted by atomic mass is 10.1. The molecule has 1 amide bonds. The second-order valence-corrected chi connectivity index (χ2v) is 5.41. The molecule has 0 unspecified atom stereocenters. The highest BCUT2D eigenvalue weighted by atomic mass is 16.1. The van der Waals surface area contributed by atoms with Crippen molar-refractivity contribution in [3.05, 3.63) is 71.2 Å². The van der Waals surface area contributed by atoms with Gasteiger partial charge in [0, 0.05) is 30.4 Å². The van der Waals surface area contributed by atoms with Crippen molar-refractivity contribution in [3.63, 3.8) is 0 Å². The van der Waals surface area contributed by atoms with Crippen LogP contribution < -0.4 is 11.1 Å². The summed E-state index contributed by atoms with van der Waals surface area (Å²) >= 11 is 0. The Morgan fingerprint density at radius 2 is 2.04 bits per heavy atom. The highest BCUT2D eigenvalue weighted by molar-refractivity contribution is 6.05. The quantitative estimate of drug-likeness (QED) is 0.775. The Bertz CT molecular complexity index is 861. The zero-order valence-electron chi connectivity index (χ0n) is 12.9.